The third-order valence-corrected chi connectivity index (χ3v) is 5.03. The number of fused-ring (bicyclic) bond motifs is 1. The van der Waals surface area contributed by atoms with Crippen LogP contribution >= 0.6 is 0 Å². The van der Waals surface area contributed by atoms with Crippen molar-refractivity contribution in [2.75, 3.05) is 11.5 Å². The first-order chi connectivity index (χ1) is 14.0. The lowest BCUT2D eigenvalue weighted by Gasteiger charge is -2.20. The van der Waals surface area contributed by atoms with E-state index >= 15 is 0 Å². The third-order valence-electron chi connectivity index (χ3n) is 5.03. The molecular weight excluding hydrogens is 364 g/mol. The van der Waals surface area contributed by atoms with E-state index in [1.165, 1.54) is 12.5 Å². The Morgan fingerprint density at radius 1 is 1.28 bits per heavy atom. The lowest BCUT2D eigenvalue weighted by molar-refractivity contribution is -0.126. The summed E-state index contributed by atoms with van der Waals surface area (Å²) in [5, 5.41) is 2.82. The van der Waals surface area contributed by atoms with Gasteiger partial charge in [-0.25, -0.2) is 0 Å². The van der Waals surface area contributed by atoms with E-state index in [-0.39, 0.29) is 11.8 Å². The summed E-state index contributed by atoms with van der Waals surface area (Å²) in [4.78, 5) is 26.7. The molecule has 1 heterocycles. The monoisotopic (exact) mass is 392 g/mol. The Hall–Kier alpha value is -3.08. The standard InChI is InChI=1S/C24H28N2O3/c1-4-6-9-18-12-13-21-20(15-18)23(25-17(3)27)24(28)26(21)16-19-10-7-8-11-22(19)29-14-5-2/h5,7-8,10-13,15,23H,2,4,6,9,14,16H2,1,3H3,(H,25,27)/t23-/m1/s1. The van der Waals surface area contributed by atoms with Gasteiger partial charge in [0.1, 0.15) is 18.4 Å². The normalized spacial score (nSPS) is 15.2. The first-order valence-corrected chi connectivity index (χ1v) is 10.1. The van der Waals surface area contributed by atoms with Gasteiger partial charge in [-0.3, -0.25) is 9.59 Å². The van der Waals surface area contributed by atoms with Crippen LogP contribution in [-0.2, 0) is 22.6 Å². The van der Waals surface area contributed by atoms with E-state index in [9.17, 15) is 9.59 Å². The summed E-state index contributed by atoms with van der Waals surface area (Å²) in [5.41, 5.74) is 3.80. The zero-order chi connectivity index (χ0) is 20.8. The molecule has 0 saturated heterocycles. The SMILES string of the molecule is C=CCOc1ccccc1CN1C(=O)[C@H](NC(C)=O)c2cc(CCCC)ccc21. The Labute approximate surface area is 172 Å². The summed E-state index contributed by atoms with van der Waals surface area (Å²) < 4.78 is 5.75. The van der Waals surface area contributed by atoms with Crippen molar-refractivity contribution >= 4 is 17.5 Å². The Bertz CT molecular complexity index is 907. The number of carbonyl (C=O) groups is 2. The molecule has 2 aromatic rings. The maximum atomic E-state index is 13.2. The fraction of sp³-hybridized carbons (Fsp3) is 0.333. The summed E-state index contributed by atoms with van der Waals surface area (Å²) in [6.45, 7) is 8.06. The highest BCUT2D eigenvalue weighted by atomic mass is 16.5. The van der Waals surface area contributed by atoms with Crippen LogP contribution in [0.1, 0.15) is 49.4 Å². The average Bonchev–Trinajstić information content (AvgIpc) is 2.96. The summed E-state index contributed by atoms with van der Waals surface area (Å²) in [5.74, 6) is 0.385. The van der Waals surface area contributed by atoms with Gasteiger partial charge in [-0.1, -0.05) is 56.3 Å². The molecule has 0 saturated carbocycles. The number of carbonyl (C=O) groups excluding carboxylic acids is 2. The third kappa shape index (κ3) is 4.67. The number of aryl methyl sites for hydroxylation is 1. The van der Waals surface area contributed by atoms with Crippen molar-refractivity contribution in [1.29, 1.82) is 0 Å². The van der Waals surface area contributed by atoms with Crippen LogP contribution in [0.5, 0.6) is 5.75 Å². The van der Waals surface area contributed by atoms with E-state index in [1.54, 1.807) is 11.0 Å². The van der Waals surface area contributed by atoms with E-state index < -0.39 is 6.04 Å². The molecule has 1 atom stereocenters. The maximum absolute atomic E-state index is 13.2. The molecule has 0 unspecified atom stereocenters. The second-order valence-corrected chi connectivity index (χ2v) is 7.26. The zero-order valence-corrected chi connectivity index (χ0v) is 17.1. The lowest BCUT2D eigenvalue weighted by atomic mass is 10.0. The summed E-state index contributed by atoms with van der Waals surface area (Å²) >= 11 is 0. The molecule has 5 heteroatoms. The van der Waals surface area contributed by atoms with Gasteiger partial charge in [0.05, 0.1) is 6.54 Å². The Morgan fingerprint density at radius 3 is 2.79 bits per heavy atom. The number of anilines is 1. The summed E-state index contributed by atoms with van der Waals surface area (Å²) in [6.07, 6.45) is 4.86. The van der Waals surface area contributed by atoms with Crippen molar-refractivity contribution in [2.24, 2.45) is 0 Å². The van der Waals surface area contributed by atoms with E-state index in [0.29, 0.717) is 13.2 Å². The Balaban J connectivity index is 1.94. The largest absolute Gasteiger partial charge is 0.489 e. The highest BCUT2D eigenvalue weighted by Gasteiger charge is 2.38. The fourth-order valence-electron chi connectivity index (χ4n) is 3.63. The molecule has 2 aromatic carbocycles. The first-order valence-electron chi connectivity index (χ1n) is 10.1. The Kier molecular flexibility index (Phi) is 6.70. The number of benzene rings is 2. The number of nitrogens with one attached hydrogen (secondary N) is 1. The molecule has 0 aromatic heterocycles. The number of hydrogen-bond donors (Lipinski definition) is 1. The van der Waals surface area contributed by atoms with Crippen LogP contribution in [0.2, 0.25) is 0 Å². The second kappa shape index (κ2) is 9.41. The Morgan fingerprint density at radius 2 is 2.07 bits per heavy atom. The van der Waals surface area contributed by atoms with Crippen molar-refractivity contribution in [2.45, 2.75) is 45.7 Å². The summed E-state index contributed by atoms with van der Waals surface area (Å²) in [6, 6.07) is 13.2. The molecule has 3 rings (SSSR count). The van der Waals surface area contributed by atoms with Gasteiger partial charge in [0.2, 0.25) is 5.91 Å². The molecule has 0 fully saturated rings. The smallest absolute Gasteiger partial charge is 0.254 e. The van der Waals surface area contributed by atoms with Gasteiger partial charge in [-0.2, -0.15) is 0 Å². The molecule has 0 bridgehead atoms. The molecule has 1 aliphatic rings. The maximum Gasteiger partial charge on any atom is 0.254 e. The van der Waals surface area contributed by atoms with Crippen molar-refractivity contribution in [3.8, 4) is 5.75 Å². The van der Waals surface area contributed by atoms with Gasteiger partial charge in [0, 0.05) is 23.7 Å². The van der Waals surface area contributed by atoms with Gasteiger partial charge >= 0.3 is 0 Å². The van der Waals surface area contributed by atoms with Crippen LogP contribution in [0.15, 0.2) is 55.1 Å². The van der Waals surface area contributed by atoms with E-state index in [0.717, 1.165) is 41.8 Å². The molecule has 0 radical (unpaired) electrons. The van der Waals surface area contributed by atoms with Crippen molar-refractivity contribution in [3.63, 3.8) is 0 Å². The molecular formula is C24H28N2O3. The minimum absolute atomic E-state index is 0.124. The van der Waals surface area contributed by atoms with Crippen molar-refractivity contribution < 1.29 is 14.3 Å². The predicted molar refractivity (Wildman–Crippen MR) is 115 cm³/mol. The van der Waals surface area contributed by atoms with E-state index in [2.05, 4.69) is 31.0 Å². The number of para-hydroxylation sites is 1. The van der Waals surface area contributed by atoms with Gasteiger partial charge < -0.3 is 15.0 Å². The van der Waals surface area contributed by atoms with Gasteiger partial charge in [-0.05, 0) is 30.5 Å². The molecule has 0 spiro atoms. The highest BCUT2D eigenvalue weighted by molar-refractivity contribution is 6.06. The van der Waals surface area contributed by atoms with Gasteiger partial charge in [-0.15, -0.1) is 0 Å². The fourth-order valence-corrected chi connectivity index (χ4v) is 3.63. The molecule has 0 aliphatic carbocycles. The van der Waals surface area contributed by atoms with Crippen LogP contribution in [0.3, 0.4) is 0 Å². The zero-order valence-electron chi connectivity index (χ0n) is 17.1. The molecule has 1 aliphatic heterocycles. The topological polar surface area (TPSA) is 58.6 Å². The summed E-state index contributed by atoms with van der Waals surface area (Å²) in [7, 11) is 0. The van der Waals surface area contributed by atoms with Crippen molar-refractivity contribution in [3.05, 3.63) is 71.8 Å². The quantitative estimate of drug-likeness (QED) is 0.647. The second-order valence-electron chi connectivity index (χ2n) is 7.26. The number of amides is 2. The first kappa shape index (κ1) is 20.6. The van der Waals surface area contributed by atoms with E-state index in [4.69, 9.17) is 4.74 Å². The number of nitrogens with zero attached hydrogens (tertiary/aromatic N) is 1. The minimum Gasteiger partial charge on any atom is -0.489 e. The van der Waals surface area contributed by atoms with Crippen LogP contribution < -0.4 is 15.0 Å². The molecule has 2 amide bonds. The molecule has 152 valence electrons. The molecule has 5 nitrogen and oxygen atoms in total. The minimum atomic E-state index is -0.648. The van der Waals surface area contributed by atoms with Crippen LogP contribution in [-0.4, -0.2) is 18.4 Å². The lowest BCUT2D eigenvalue weighted by Crippen LogP contribution is -2.36. The predicted octanol–water partition coefficient (Wildman–Crippen LogP) is 4.32. The number of ether oxygens (including phenoxy) is 1. The van der Waals surface area contributed by atoms with Gasteiger partial charge in [0.25, 0.3) is 5.91 Å². The van der Waals surface area contributed by atoms with Crippen molar-refractivity contribution in [1.82, 2.24) is 5.32 Å². The van der Waals surface area contributed by atoms with Crippen LogP contribution in [0.25, 0.3) is 0 Å². The average molecular weight is 392 g/mol. The van der Waals surface area contributed by atoms with Gasteiger partial charge in [0.15, 0.2) is 0 Å². The van der Waals surface area contributed by atoms with Crippen LogP contribution in [0.4, 0.5) is 5.69 Å². The molecule has 1 N–H and O–H groups in total. The van der Waals surface area contributed by atoms with Crippen LogP contribution in [0, 0.1) is 0 Å². The molecule has 29 heavy (non-hydrogen) atoms. The highest BCUT2D eigenvalue weighted by Crippen LogP contribution is 2.38. The number of hydrogen-bond acceptors (Lipinski definition) is 3. The number of unbranched alkanes of at least 4 members (excludes halogenated alkanes) is 1. The number of rotatable bonds is 9. The van der Waals surface area contributed by atoms with E-state index in [1.807, 2.05) is 30.3 Å².